The molecule has 0 aliphatic carbocycles. The first-order valence-corrected chi connectivity index (χ1v) is 8.73. The second-order valence-corrected chi connectivity index (χ2v) is 5.82. The first-order chi connectivity index (χ1) is 13.0. The highest BCUT2D eigenvalue weighted by Crippen LogP contribution is 2.27. The van der Waals surface area contributed by atoms with E-state index in [4.69, 9.17) is 9.47 Å². The van der Waals surface area contributed by atoms with E-state index in [0.29, 0.717) is 0 Å². The number of hydrogen-bond donors (Lipinski definition) is 1. The average Bonchev–Trinajstić information content (AvgIpc) is 2.70. The van der Waals surface area contributed by atoms with Crippen molar-refractivity contribution in [2.75, 3.05) is 20.3 Å². The van der Waals surface area contributed by atoms with Gasteiger partial charge in [-0.25, -0.2) is 0 Å². The molecule has 2 aromatic rings. The fourth-order valence-electron chi connectivity index (χ4n) is 2.59. The van der Waals surface area contributed by atoms with Crippen LogP contribution in [0.5, 0.6) is 5.75 Å². The molecule has 1 amide bonds. The second-order valence-electron chi connectivity index (χ2n) is 5.82. The summed E-state index contributed by atoms with van der Waals surface area (Å²) >= 11 is 0. The van der Waals surface area contributed by atoms with Gasteiger partial charge in [0, 0.05) is 17.4 Å². The van der Waals surface area contributed by atoms with Gasteiger partial charge in [-0.2, -0.15) is 0 Å². The first kappa shape index (κ1) is 20.1. The molecule has 5 heteroatoms. The molecule has 0 spiro atoms. The molecule has 0 aliphatic rings. The van der Waals surface area contributed by atoms with Crippen molar-refractivity contribution in [2.45, 2.75) is 19.8 Å². The minimum atomic E-state index is -0.519. The molecule has 5 nitrogen and oxygen atoms in total. The predicted octanol–water partition coefficient (Wildman–Crippen LogP) is 2.88. The molecule has 0 radical (unpaired) electrons. The van der Waals surface area contributed by atoms with Crippen molar-refractivity contribution in [1.82, 2.24) is 5.32 Å². The standard InChI is InChI=1S/C22H23NO4/c1-4-27-22(25)15-23-21(24)14-11-18-7-5-6-8-20(18)16(2)17-9-12-19(26-3)13-10-17/h5-10,12-13,16H,4,15H2,1-3H3,(H,23,24)/t16-/m0/s1. The number of carbonyl (C=O) groups is 2. The topological polar surface area (TPSA) is 64.6 Å². The molecule has 1 N–H and O–H groups in total. The van der Waals surface area contributed by atoms with E-state index in [2.05, 4.69) is 24.1 Å². The van der Waals surface area contributed by atoms with Crippen LogP contribution in [0, 0.1) is 11.8 Å². The van der Waals surface area contributed by atoms with E-state index in [1.54, 1.807) is 14.0 Å². The molecule has 0 aliphatic heterocycles. The Kier molecular flexibility index (Phi) is 7.45. The fraction of sp³-hybridized carbons (Fsp3) is 0.273. The molecule has 0 fully saturated rings. The van der Waals surface area contributed by atoms with Crippen molar-refractivity contribution >= 4 is 11.9 Å². The van der Waals surface area contributed by atoms with Crippen molar-refractivity contribution < 1.29 is 19.1 Å². The van der Waals surface area contributed by atoms with Crippen molar-refractivity contribution in [3.8, 4) is 17.6 Å². The molecule has 0 aromatic heterocycles. The Morgan fingerprint density at radius 3 is 2.48 bits per heavy atom. The number of rotatable bonds is 6. The maximum atomic E-state index is 11.8. The minimum Gasteiger partial charge on any atom is -0.497 e. The van der Waals surface area contributed by atoms with Crippen LogP contribution in [0.2, 0.25) is 0 Å². The molecule has 2 rings (SSSR count). The van der Waals surface area contributed by atoms with Gasteiger partial charge in [-0.05, 0) is 36.2 Å². The number of benzene rings is 2. The smallest absolute Gasteiger partial charge is 0.325 e. The summed E-state index contributed by atoms with van der Waals surface area (Å²) in [7, 11) is 1.64. The Morgan fingerprint density at radius 2 is 1.81 bits per heavy atom. The molecule has 27 heavy (non-hydrogen) atoms. The van der Waals surface area contributed by atoms with Gasteiger partial charge in [-0.3, -0.25) is 9.59 Å². The summed E-state index contributed by atoms with van der Waals surface area (Å²) in [5.74, 6) is 5.34. The number of esters is 1. The van der Waals surface area contributed by atoms with Crippen LogP contribution in [-0.4, -0.2) is 32.1 Å². The third-order valence-electron chi connectivity index (χ3n) is 4.05. The highest BCUT2D eigenvalue weighted by Gasteiger charge is 2.12. The zero-order valence-corrected chi connectivity index (χ0v) is 15.7. The fourth-order valence-corrected chi connectivity index (χ4v) is 2.59. The summed E-state index contributed by atoms with van der Waals surface area (Å²) in [5.41, 5.74) is 2.91. The lowest BCUT2D eigenvalue weighted by atomic mass is 9.90. The third-order valence-corrected chi connectivity index (χ3v) is 4.05. The molecule has 1 atom stereocenters. The molecule has 140 valence electrons. The molecule has 0 saturated heterocycles. The Morgan fingerprint density at radius 1 is 1.11 bits per heavy atom. The van der Waals surface area contributed by atoms with Gasteiger partial charge in [0.25, 0.3) is 5.91 Å². The average molecular weight is 365 g/mol. The van der Waals surface area contributed by atoms with Crippen LogP contribution < -0.4 is 10.1 Å². The molecule has 0 saturated carbocycles. The third kappa shape index (κ3) is 5.89. The Labute approximate surface area is 159 Å². The highest BCUT2D eigenvalue weighted by molar-refractivity contribution is 5.95. The SMILES string of the molecule is CCOC(=O)CNC(=O)C#Cc1ccccc1[C@@H](C)c1ccc(OC)cc1. The summed E-state index contributed by atoms with van der Waals surface area (Å²) in [5, 5.41) is 2.43. The quantitative estimate of drug-likeness (QED) is 0.632. The number of carbonyl (C=O) groups excluding carboxylic acids is 2. The van der Waals surface area contributed by atoms with Crippen molar-refractivity contribution in [3.63, 3.8) is 0 Å². The zero-order chi connectivity index (χ0) is 19.6. The van der Waals surface area contributed by atoms with Gasteiger partial charge in [-0.1, -0.05) is 43.2 Å². The van der Waals surface area contributed by atoms with E-state index in [1.165, 1.54) is 0 Å². The van der Waals surface area contributed by atoms with Crippen LogP contribution >= 0.6 is 0 Å². The summed E-state index contributed by atoms with van der Waals surface area (Å²) < 4.78 is 9.96. The molecule has 2 aromatic carbocycles. The number of nitrogens with one attached hydrogen (secondary N) is 1. The number of hydrogen-bond acceptors (Lipinski definition) is 4. The van der Waals surface area contributed by atoms with E-state index < -0.39 is 11.9 Å². The Hall–Kier alpha value is -3.26. The summed E-state index contributed by atoms with van der Waals surface area (Å²) in [6.45, 7) is 3.88. The lowest BCUT2D eigenvalue weighted by Crippen LogP contribution is -2.29. The largest absolute Gasteiger partial charge is 0.497 e. The van der Waals surface area contributed by atoms with E-state index in [-0.39, 0.29) is 19.1 Å². The minimum absolute atomic E-state index is 0.101. The van der Waals surface area contributed by atoms with E-state index in [9.17, 15) is 9.59 Å². The number of ether oxygens (including phenoxy) is 2. The molecule has 0 heterocycles. The van der Waals surface area contributed by atoms with Crippen molar-refractivity contribution in [3.05, 3.63) is 65.2 Å². The Balaban J connectivity index is 2.13. The van der Waals surface area contributed by atoms with Crippen molar-refractivity contribution in [1.29, 1.82) is 0 Å². The molecular weight excluding hydrogens is 342 g/mol. The monoisotopic (exact) mass is 365 g/mol. The maximum Gasteiger partial charge on any atom is 0.325 e. The van der Waals surface area contributed by atoms with Gasteiger partial charge >= 0.3 is 5.97 Å². The van der Waals surface area contributed by atoms with Gasteiger partial charge in [0.1, 0.15) is 12.3 Å². The molecule has 0 unspecified atom stereocenters. The Bertz CT molecular complexity index is 847. The van der Waals surface area contributed by atoms with Crippen molar-refractivity contribution in [2.24, 2.45) is 0 Å². The summed E-state index contributed by atoms with van der Waals surface area (Å²) in [6.07, 6.45) is 0. The molecule has 0 bridgehead atoms. The normalized spacial score (nSPS) is 10.9. The van der Waals surface area contributed by atoms with Gasteiger partial charge in [0.2, 0.25) is 0 Å². The summed E-state index contributed by atoms with van der Waals surface area (Å²) in [4.78, 5) is 23.1. The van der Waals surface area contributed by atoms with E-state index >= 15 is 0 Å². The van der Waals surface area contributed by atoms with Crippen LogP contribution in [-0.2, 0) is 14.3 Å². The van der Waals surface area contributed by atoms with E-state index in [1.807, 2.05) is 48.5 Å². The lowest BCUT2D eigenvalue weighted by Gasteiger charge is -2.15. The van der Waals surface area contributed by atoms with Gasteiger partial charge in [-0.15, -0.1) is 0 Å². The maximum absolute atomic E-state index is 11.8. The summed E-state index contributed by atoms with van der Waals surface area (Å²) in [6, 6.07) is 15.6. The van der Waals surface area contributed by atoms with Crippen LogP contribution in [0.15, 0.2) is 48.5 Å². The van der Waals surface area contributed by atoms with Gasteiger partial charge < -0.3 is 14.8 Å². The van der Waals surface area contributed by atoms with Crippen LogP contribution in [0.25, 0.3) is 0 Å². The zero-order valence-electron chi connectivity index (χ0n) is 15.7. The second kappa shape index (κ2) is 10.0. The van der Waals surface area contributed by atoms with Gasteiger partial charge in [0.05, 0.1) is 13.7 Å². The highest BCUT2D eigenvalue weighted by atomic mass is 16.5. The number of amides is 1. The van der Waals surface area contributed by atoms with Crippen LogP contribution in [0.3, 0.4) is 0 Å². The first-order valence-electron chi connectivity index (χ1n) is 8.73. The van der Waals surface area contributed by atoms with Gasteiger partial charge in [0.15, 0.2) is 0 Å². The molecular formula is C22H23NO4. The predicted molar refractivity (Wildman–Crippen MR) is 103 cm³/mol. The van der Waals surface area contributed by atoms with E-state index in [0.717, 1.165) is 22.4 Å². The van der Waals surface area contributed by atoms with Crippen LogP contribution in [0.1, 0.15) is 36.5 Å². The lowest BCUT2D eigenvalue weighted by molar-refractivity contribution is -0.143. The number of methoxy groups -OCH3 is 1. The van der Waals surface area contributed by atoms with Crippen LogP contribution in [0.4, 0.5) is 0 Å².